The minimum atomic E-state index is -4.42. The molecule has 1 aromatic heterocycles. The molecule has 0 saturated carbocycles. The number of hydrogen-bond acceptors (Lipinski definition) is 3. The number of rotatable bonds is 6. The summed E-state index contributed by atoms with van der Waals surface area (Å²) in [5.74, 6) is 0.219. The molecule has 1 fully saturated rings. The Kier molecular flexibility index (Phi) is 6.68. The molecule has 7 heteroatoms. The van der Waals surface area contributed by atoms with Gasteiger partial charge in [-0.1, -0.05) is 38.1 Å². The molecule has 1 amide bonds. The van der Waals surface area contributed by atoms with E-state index in [9.17, 15) is 18.0 Å². The number of benzene rings is 1. The monoisotopic (exact) mass is 419 g/mol. The number of carbonyl (C=O) groups is 1. The van der Waals surface area contributed by atoms with Crippen molar-refractivity contribution < 1.29 is 18.0 Å². The highest BCUT2D eigenvalue weighted by atomic mass is 19.4. The second kappa shape index (κ2) is 9.06. The molecule has 0 radical (unpaired) electrons. The lowest BCUT2D eigenvalue weighted by Crippen LogP contribution is -2.39. The lowest BCUT2D eigenvalue weighted by Gasteiger charge is -2.21. The molecule has 1 aliphatic heterocycles. The maximum Gasteiger partial charge on any atom is 0.417 e. The standard InChI is InChI=1S/C23H28F3N3O/c1-15(2)10-17-4-6-18(7-5-17)16(3)22(30)28-20-8-9-29(14-20)21-11-19(12-27-13-21)23(24,25)26/h4-7,11-13,15-16,20H,8-10,14H2,1-3H3,(H,28,30)/t16-,20+/m0/s1. The highest BCUT2D eigenvalue weighted by Crippen LogP contribution is 2.31. The molecule has 0 aliphatic carbocycles. The number of halogens is 3. The summed E-state index contributed by atoms with van der Waals surface area (Å²) in [4.78, 5) is 18.3. The number of pyridine rings is 1. The van der Waals surface area contributed by atoms with E-state index in [-0.39, 0.29) is 17.9 Å². The molecule has 1 aliphatic rings. The van der Waals surface area contributed by atoms with Gasteiger partial charge in [-0.15, -0.1) is 0 Å². The van der Waals surface area contributed by atoms with E-state index in [1.54, 1.807) is 0 Å². The molecule has 0 bridgehead atoms. The second-order valence-corrected chi connectivity index (χ2v) is 8.43. The van der Waals surface area contributed by atoms with Crippen molar-refractivity contribution >= 4 is 11.6 Å². The number of anilines is 1. The predicted octanol–water partition coefficient (Wildman–Crippen LogP) is 4.80. The van der Waals surface area contributed by atoms with Crippen LogP contribution in [-0.2, 0) is 17.4 Å². The molecule has 30 heavy (non-hydrogen) atoms. The maximum atomic E-state index is 12.9. The van der Waals surface area contributed by atoms with E-state index in [0.717, 1.165) is 24.2 Å². The molecular formula is C23H28F3N3O. The van der Waals surface area contributed by atoms with Gasteiger partial charge in [0.1, 0.15) is 0 Å². The fraction of sp³-hybridized carbons (Fsp3) is 0.478. The molecule has 2 aromatic rings. The smallest absolute Gasteiger partial charge is 0.368 e. The Balaban J connectivity index is 1.58. The molecule has 1 N–H and O–H groups in total. The molecule has 4 nitrogen and oxygen atoms in total. The van der Waals surface area contributed by atoms with E-state index in [2.05, 4.69) is 36.3 Å². The van der Waals surface area contributed by atoms with Crippen LogP contribution in [0.1, 0.15) is 49.8 Å². The van der Waals surface area contributed by atoms with Crippen LogP contribution in [-0.4, -0.2) is 30.0 Å². The van der Waals surface area contributed by atoms with Crippen molar-refractivity contribution in [2.45, 2.75) is 51.7 Å². The molecule has 162 valence electrons. The summed E-state index contributed by atoms with van der Waals surface area (Å²) in [7, 11) is 0. The van der Waals surface area contributed by atoms with Gasteiger partial charge in [0.15, 0.2) is 0 Å². The van der Waals surface area contributed by atoms with Gasteiger partial charge in [-0.2, -0.15) is 13.2 Å². The van der Waals surface area contributed by atoms with E-state index in [1.807, 2.05) is 24.0 Å². The van der Waals surface area contributed by atoms with Crippen LogP contribution in [0.15, 0.2) is 42.7 Å². The number of carbonyl (C=O) groups excluding carboxylic acids is 1. The number of alkyl halides is 3. The third kappa shape index (κ3) is 5.52. The van der Waals surface area contributed by atoms with E-state index in [1.165, 1.54) is 11.8 Å². The average molecular weight is 419 g/mol. The van der Waals surface area contributed by atoms with Crippen LogP contribution >= 0.6 is 0 Å². The van der Waals surface area contributed by atoms with Gasteiger partial charge >= 0.3 is 6.18 Å². The van der Waals surface area contributed by atoms with Crippen molar-refractivity contribution in [1.29, 1.82) is 0 Å². The van der Waals surface area contributed by atoms with Crippen LogP contribution < -0.4 is 10.2 Å². The number of nitrogens with one attached hydrogen (secondary N) is 1. The third-order valence-corrected chi connectivity index (χ3v) is 5.47. The number of aromatic nitrogens is 1. The molecule has 3 rings (SSSR count). The van der Waals surface area contributed by atoms with Crippen LogP contribution in [0.25, 0.3) is 0 Å². The zero-order valence-corrected chi connectivity index (χ0v) is 17.5. The molecule has 1 saturated heterocycles. The van der Waals surface area contributed by atoms with Gasteiger partial charge in [-0.05, 0) is 42.9 Å². The first kappa shape index (κ1) is 22.1. The van der Waals surface area contributed by atoms with Crippen LogP contribution in [0, 0.1) is 5.92 Å². The van der Waals surface area contributed by atoms with Gasteiger partial charge in [0.25, 0.3) is 0 Å². The van der Waals surface area contributed by atoms with Gasteiger partial charge in [0.05, 0.1) is 23.4 Å². The van der Waals surface area contributed by atoms with Crippen LogP contribution in [0.4, 0.5) is 18.9 Å². The largest absolute Gasteiger partial charge is 0.417 e. The SMILES string of the molecule is CC(C)Cc1ccc([C@H](C)C(=O)N[C@@H]2CCN(c3cncc(C(F)(F)F)c3)C2)cc1. The first-order chi connectivity index (χ1) is 14.1. The van der Waals surface area contributed by atoms with Crippen molar-refractivity contribution in [3.63, 3.8) is 0 Å². The highest BCUT2D eigenvalue weighted by molar-refractivity contribution is 5.83. The Labute approximate surface area is 175 Å². The third-order valence-electron chi connectivity index (χ3n) is 5.47. The van der Waals surface area contributed by atoms with Crippen molar-refractivity contribution in [2.24, 2.45) is 5.92 Å². The van der Waals surface area contributed by atoms with E-state index in [4.69, 9.17) is 0 Å². The molecule has 0 spiro atoms. The summed E-state index contributed by atoms with van der Waals surface area (Å²) < 4.78 is 38.8. The Morgan fingerprint density at radius 3 is 2.53 bits per heavy atom. The summed E-state index contributed by atoms with van der Waals surface area (Å²) >= 11 is 0. The highest BCUT2D eigenvalue weighted by Gasteiger charge is 2.32. The minimum absolute atomic E-state index is 0.0689. The fourth-order valence-electron chi connectivity index (χ4n) is 3.76. The Morgan fingerprint density at radius 1 is 1.20 bits per heavy atom. The molecule has 0 unspecified atom stereocenters. The van der Waals surface area contributed by atoms with Gasteiger partial charge in [-0.3, -0.25) is 9.78 Å². The van der Waals surface area contributed by atoms with Crippen LogP contribution in [0.5, 0.6) is 0 Å². The van der Waals surface area contributed by atoms with E-state index >= 15 is 0 Å². The quantitative estimate of drug-likeness (QED) is 0.732. The summed E-state index contributed by atoms with van der Waals surface area (Å²) in [6.45, 7) is 7.26. The summed E-state index contributed by atoms with van der Waals surface area (Å²) in [6, 6.07) is 9.14. The maximum absolute atomic E-state index is 12.9. The zero-order chi connectivity index (χ0) is 21.9. The van der Waals surface area contributed by atoms with Gasteiger partial charge < -0.3 is 10.2 Å². The molecule has 2 atom stereocenters. The Bertz CT molecular complexity index is 865. The lowest BCUT2D eigenvalue weighted by atomic mass is 9.96. The van der Waals surface area contributed by atoms with Crippen LogP contribution in [0.2, 0.25) is 0 Å². The van der Waals surface area contributed by atoms with Gasteiger partial charge in [-0.25, -0.2) is 0 Å². The predicted molar refractivity (Wildman–Crippen MR) is 111 cm³/mol. The summed E-state index contributed by atoms with van der Waals surface area (Å²) in [5.41, 5.74) is 1.87. The number of nitrogens with zero attached hydrogens (tertiary/aromatic N) is 2. The number of amides is 1. The van der Waals surface area contributed by atoms with Gasteiger partial charge in [0, 0.05) is 25.3 Å². The second-order valence-electron chi connectivity index (χ2n) is 8.43. The summed E-state index contributed by atoms with van der Waals surface area (Å²) in [6.07, 6.45) is -0.477. The normalized spacial score (nSPS) is 18.0. The lowest BCUT2D eigenvalue weighted by molar-refractivity contribution is -0.137. The van der Waals surface area contributed by atoms with Crippen LogP contribution in [0.3, 0.4) is 0 Å². The Morgan fingerprint density at radius 2 is 1.90 bits per heavy atom. The van der Waals surface area contributed by atoms with Crippen molar-refractivity contribution in [3.05, 3.63) is 59.4 Å². The van der Waals surface area contributed by atoms with Crippen molar-refractivity contribution in [2.75, 3.05) is 18.0 Å². The van der Waals surface area contributed by atoms with E-state index < -0.39 is 11.7 Å². The molecule has 2 heterocycles. The van der Waals surface area contributed by atoms with E-state index in [0.29, 0.717) is 31.1 Å². The number of hydrogen-bond donors (Lipinski definition) is 1. The molecular weight excluding hydrogens is 391 g/mol. The van der Waals surface area contributed by atoms with Gasteiger partial charge in [0.2, 0.25) is 5.91 Å². The molecule has 1 aromatic carbocycles. The minimum Gasteiger partial charge on any atom is -0.368 e. The van der Waals surface area contributed by atoms with Crippen molar-refractivity contribution in [1.82, 2.24) is 10.3 Å². The first-order valence-electron chi connectivity index (χ1n) is 10.3. The Hall–Kier alpha value is -2.57. The topological polar surface area (TPSA) is 45.2 Å². The van der Waals surface area contributed by atoms with Crippen molar-refractivity contribution in [3.8, 4) is 0 Å². The average Bonchev–Trinajstić information content (AvgIpc) is 3.15. The zero-order valence-electron chi connectivity index (χ0n) is 17.5. The fourth-order valence-corrected chi connectivity index (χ4v) is 3.76. The first-order valence-corrected chi connectivity index (χ1v) is 10.3. The summed E-state index contributed by atoms with van der Waals surface area (Å²) in [5, 5.41) is 3.05.